The lowest BCUT2D eigenvalue weighted by atomic mass is 9.93. The van der Waals surface area contributed by atoms with Crippen molar-refractivity contribution in [3.63, 3.8) is 0 Å². The van der Waals surface area contributed by atoms with E-state index in [-0.39, 0.29) is 24.0 Å². The lowest BCUT2D eigenvalue weighted by Gasteiger charge is -2.23. The van der Waals surface area contributed by atoms with Gasteiger partial charge in [-0.05, 0) is 24.8 Å². The number of nitrogens with one attached hydrogen (secondary N) is 1. The summed E-state index contributed by atoms with van der Waals surface area (Å²) in [5, 5.41) is 3.39. The number of ether oxygens (including phenoxy) is 2. The Labute approximate surface area is 169 Å². The molecule has 1 aromatic carbocycles. The quantitative estimate of drug-likeness (QED) is 0.292. The van der Waals surface area contributed by atoms with E-state index < -0.39 is 0 Å². The number of methoxy groups -OCH3 is 1. The molecule has 5 nitrogen and oxygen atoms in total. The summed E-state index contributed by atoms with van der Waals surface area (Å²) in [6.45, 7) is 11.6. The van der Waals surface area contributed by atoms with E-state index in [1.165, 1.54) is 6.42 Å². The van der Waals surface area contributed by atoms with Gasteiger partial charge >= 0.3 is 0 Å². The third-order valence-electron chi connectivity index (χ3n) is 4.26. The highest BCUT2D eigenvalue weighted by Gasteiger charge is 2.30. The van der Waals surface area contributed by atoms with Gasteiger partial charge in [0.25, 0.3) is 0 Å². The molecule has 25 heavy (non-hydrogen) atoms. The molecule has 0 aliphatic carbocycles. The van der Waals surface area contributed by atoms with Crippen LogP contribution in [-0.2, 0) is 11.3 Å². The van der Waals surface area contributed by atoms with E-state index in [2.05, 4.69) is 31.0 Å². The number of halogens is 1. The summed E-state index contributed by atoms with van der Waals surface area (Å²) in [4.78, 5) is 7.06. The highest BCUT2D eigenvalue weighted by Crippen LogP contribution is 2.28. The first kappa shape index (κ1) is 22.0. The Balaban J connectivity index is 0.00000312. The smallest absolute Gasteiger partial charge is 0.194 e. The van der Waals surface area contributed by atoms with E-state index in [0.717, 1.165) is 36.9 Å². The van der Waals surface area contributed by atoms with Crippen LogP contribution in [0.25, 0.3) is 0 Å². The number of aliphatic imine (C=N–C) groups is 1. The molecule has 142 valence electrons. The predicted molar refractivity (Wildman–Crippen MR) is 114 cm³/mol. The number of guanidine groups is 1. The second-order valence-corrected chi connectivity index (χ2v) is 6.94. The maximum absolute atomic E-state index is 5.76. The average Bonchev–Trinajstić information content (AvgIpc) is 2.93. The Morgan fingerprint density at radius 2 is 2.08 bits per heavy atom. The lowest BCUT2D eigenvalue weighted by Crippen LogP contribution is -2.41. The van der Waals surface area contributed by atoms with Crippen molar-refractivity contribution in [3.05, 3.63) is 29.8 Å². The molecule has 0 bridgehead atoms. The summed E-state index contributed by atoms with van der Waals surface area (Å²) < 4.78 is 11.1. The molecule has 1 heterocycles. The normalized spacial score (nSPS) is 16.5. The lowest BCUT2D eigenvalue weighted by molar-refractivity contribution is 0.126. The highest BCUT2D eigenvalue weighted by atomic mass is 127. The van der Waals surface area contributed by atoms with Crippen molar-refractivity contribution >= 4 is 29.9 Å². The molecular formula is C19H32IN3O2. The van der Waals surface area contributed by atoms with Crippen molar-refractivity contribution < 1.29 is 9.47 Å². The Kier molecular flexibility index (Phi) is 9.56. The van der Waals surface area contributed by atoms with Crippen molar-refractivity contribution in [1.29, 1.82) is 0 Å². The molecule has 2 rings (SSSR count). The first-order valence-corrected chi connectivity index (χ1v) is 8.78. The van der Waals surface area contributed by atoms with Crippen LogP contribution < -0.4 is 10.1 Å². The minimum absolute atomic E-state index is 0. The summed E-state index contributed by atoms with van der Waals surface area (Å²) in [6.07, 6.45) is 1.21. The summed E-state index contributed by atoms with van der Waals surface area (Å²) in [7, 11) is 1.68. The van der Waals surface area contributed by atoms with Crippen LogP contribution >= 0.6 is 24.0 Å². The zero-order valence-electron chi connectivity index (χ0n) is 15.9. The van der Waals surface area contributed by atoms with Crippen molar-refractivity contribution in [2.24, 2.45) is 10.4 Å². The van der Waals surface area contributed by atoms with E-state index in [4.69, 9.17) is 14.5 Å². The van der Waals surface area contributed by atoms with Crippen molar-refractivity contribution in [3.8, 4) is 5.75 Å². The van der Waals surface area contributed by atoms with Gasteiger partial charge in [0.1, 0.15) is 5.75 Å². The number of para-hydroxylation sites is 1. The number of rotatable bonds is 7. The van der Waals surface area contributed by atoms with Crippen LogP contribution in [0.4, 0.5) is 0 Å². The summed E-state index contributed by atoms with van der Waals surface area (Å²) >= 11 is 0. The average molecular weight is 461 g/mol. The van der Waals surface area contributed by atoms with Crippen LogP contribution in [0.2, 0.25) is 0 Å². The van der Waals surface area contributed by atoms with E-state index in [9.17, 15) is 0 Å². The van der Waals surface area contributed by atoms with Gasteiger partial charge in [0, 0.05) is 25.2 Å². The summed E-state index contributed by atoms with van der Waals surface area (Å²) in [6, 6.07) is 7.94. The van der Waals surface area contributed by atoms with Crippen LogP contribution in [0.5, 0.6) is 5.75 Å². The maximum atomic E-state index is 5.76. The highest BCUT2D eigenvalue weighted by molar-refractivity contribution is 14.0. The number of benzene rings is 1. The third kappa shape index (κ3) is 7.01. The summed E-state index contributed by atoms with van der Waals surface area (Å²) in [5.74, 6) is 1.87. The molecule has 1 aromatic rings. The predicted octanol–water partition coefficient (Wildman–Crippen LogP) is 3.53. The van der Waals surface area contributed by atoms with Gasteiger partial charge in [0.05, 0.1) is 26.9 Å². The Morgan fingerprint density at radius 3 is 2.72 bits per heavy atom. The Bertz CT molecular complexity index is 549. The standard InChI is InChI=1S/C19H31N3O2.HI/c1-5-20-18(22-12-10-19(2,3)15-22)21-11-13-24-14-16-8-6-7-9-17(16)23-4;/h6-9H,5,10-15H2,1-4H3,(H,20,21);1H. The fourth-order valence-electron chi connectivity index (χ4n) is 2.94. The number of hydrogen-bond donors (Lipinski definition) is 1. The molecule has 0 amide bonds. The number of nitrogens with zero attached hydrogens (tertiary/aromatic N) is 2. The van der Waals surface area contributed by atoms with Crippen molar-refractivity contribution in [2.45, 2.75) is 33.8 Å². The second-order valence-electron chi connectivity index (χ2n) is 6.94. The number of hydrogen-bond acceptors (Lipinski definition) is 3. The molecule has 1 saturated heterocycles. The molecule has 0 atom stereocenters. The second kappa shape index (κ2) is 10.9. The molecule has 1 N–H and O–H groups in total. The van der Waals surface area contributed by atoms with Gasteiger partial charge < -0.3 is 19.7 Å². The zero-order chi connectivity index (χ0) is 17.4. The van der Waals surface area contributed by atoms with Gasteiger partial charge in [0.2, 0.25) is 0 Å². The van der Waals surface area contributed by atoms with Crippen LogP contribution in [0.15, 0.2) is 29.3 Å². The minimum Gasteiger partial charge on any atom is -0.496 e. The van der Waals surface area contributed by atoms with E-state index >= 15 is 0 Å². The minimum atomic E-state index is 0. The molecule has 0 saturated carbocycles. The van der Waals surface area contributed by atoms with Crippen molar-refractivity contribution in [1.82, 2.24) is 10.2 Å². The van der Waals surface area contributed by atoms with Crippen molar-refractivity contribution in [2.75, 3.05) is 39.9 Å². The van der Waals surface area contributed by atoms with Gasteiger partial charge in [-0.2, -0.15) is 0 Å². The topological polar surface area (TPSA) is 46.1 Å². The molecule has 1 aliphatic rings. The monoisotopic (exact) mass is 461 g/mol. The molecule has 0 spiro atoms. The van der Waals surface area contributed by atoms with Gasteiger partial charge in [-0.15, -0.1) is 24.0 Å². The van der Waals surface area contributed by atoms with Gasteiger partial charge in [-0.1, -0.05) is 32.0 Å². The fourth-order valence-corrected chi connectivity index (χ4v) is 2.94. The van der Waals surface area contributed by atoms with Crippen LogP contribution in [-0.4, -0.2) is 50.8 Å². The van der Waals surface area contributed by atoms with Crippen LogP contribution in [0.3, 0.4) is 0 Å². The maximum Gasteiger partial charge on any atom is 0.194 e. The molecule has 0 aromatic heterocycles. The molecule has 6 heteroatoms. The molecule has 1 fully saturated rings. The fraction of sp³-hybridized carbons (Fsp3) is 0.632. The zero-order valence-corrected chi connectivity index (χ0v) is 18.2. The first-order chi connectivity index (χ1) is 11.6. The van der Waals surface area contributed by atoms with E-state index in [1.54, 1.807) is 7.11 Å². The first-order valence-electron chi connectivity index (χ1n) is 8.78. The third-order valence-corrected chi connectivity index (χ3v) is 4.26. The molecule has 0 unspecified atom stereocenters. The van der Waals surface area contributed by atoms with E-state index in [0.29, 0.717) is 25.2 Å². The Hall–Kier alpha value is -1.02. The van der Waals surface area contributed by atoms with E-state index in [1.807, 2.05) is 24.3 Å². The van der Waals surface area contributed by atoms with Gasteiger partial charge in [-0.3, -0.25) is 4.99 Å². The molecule has 1 aliphatic heterocycles. The van der Waals surface area contributed by atoms with Crippen LogP contribution in [0, 0.1) is 5.41 Å². The SMILES string of the molecule is CCNC(=NCCOCc1ccccc1OC)N1CCC(C)(C)C1.I. The van der Waals surface area contributed by atoms with Gasteiger partial charge in [0.15, 0.2) is 5.96 Å². The Morgan fingerprint density at radius 1 is 1.32 bits per heavy atom. The van der Waals surface area contributed by atoms with Gasteiger partial charge in [-0.25, -0.2) is 0 Å². The number of likely N-dealkylation sites (tertiary alicyclic amines) is 1. The van der Waals surface area contributed by atoms with Crippen LogP contribution in [0.1, 0.15) is 32.8 Å². The molecule has 0 radical (unpaired) electrons. The largest absolute Gasteiger partial charge is 0.496 e. The molecular weight excluding hydrogens is 429 g/mol. The summed E-state index contributed by atoms with van der Waals surface area (Å²) in [5.41, 5.74) is 1.44.